The molecule has 2 atom stereocenters. The molecule has 1 nitrogen and oxygen atoms in total. The molecule has 0 N–H and O–H groups in total. The van der Waals surface area contributed by atoms with Crippen molar-refractivity contribution in [3.05, 3.63) is 0 Å². The van der Waals surface area contributed by atoms with Crippen molar-refractivity contribution in [1.82, 2.24) is 0 Å². The van der Waals surface area contributed by atoms with Crippen molar-refractivity contribution < 1.29 is 0 Å². The SMILES string of the molecule is CCC(C)C1=NCC(C)CC1. The third-order valence-electron chi connectivity index (χ3n) is 2.68. The number of aliphatic imine (C=N–C) groups is 1. The van der Waals surface area contributed by atoms with Gasteiger partial charge >= 0.3 is 0 Å². The van der Waals surface area contributed by atoms with Crippen molar-refractivity contribution in [3.8, 4) is 0 Å². The van der Waals surface area contributed by atoms with E-state index in [1.165, 1.54) is 25.0 Å². The van der Waals surface area contributed by atoms with E-state index in [1.807, 2.05) is 0 Å². The maximum Gasteiger partial charge on any atom is 0.0414 e. The Morgan fingerprint density at radius 2 is 2.36 bits per heavy atom. The fourth-order valence-electron chi connectivity index (χ4n) is 1.48. The van der Waals surface area contributed by atoms with Crippen molar-refractivity contribution in [2.24, 2.45) is 16.8 Å². The molecule has 11 heavy (non-hydrogen) atoms. The molecular weight excluding hydrogens is 134 g/mol. The van der Waals surface area contributed by atoms with Crippen LogP contribution in [0.25, 0.3) is 0 Å². The van der Waals surface area contributed by atoms with E-state index in [4.69, 9.17) is 0 Å². The van der Waals surface area contributed by atoms with Crippen LogP contribution >= 0.6 is 0 Å². The van der Waals surface area contributed by atoms with Gasteiger partial charge in [0.15, 0.2) is 0 Å². The summed E-state index contributed by atoms with van der Waals surface area (Å²) in [5, 5.41) is 0. The van der Waals surface area contributed by atoms with Gasteiger partial charge in [0, 0.05) is 12.3 Å². The van der Waals surface area contributed by atoms with E-state index in [0.717, 1.165) is 18.4 Å². The maximum atomic E-state index is 4.60. The Labute approximate surface area is 69.9 Å². The molecule has 0 bridgehead atoms. The van der Waals surface area contributed by atoms with Crippen LogP contribution in [0, 0.1) is 11.8 Å². The Balaban J connectivity index is 2.47. The lowest BCUT2D eigenvalue weighted by molar-refractivity contribution is 0.521. The quantitative estimate of drug-likeness (QED) is 0.578. The molecule has 0 saturated carbocycles. The molecule has 0 saturated heterocycles. The standard InChI is InChI=1S/C10H19N/c1-4-9(3)10-6-5-8(2)7-11-10/h8-9H,4-7H2,1-3H3. The van der Waals surface area contributed by atoms with Crippen LogP contribution in [-0.2, 0) is 0 Å². The number of rotatable bonds is 2. The highest BCUT2D eigenvalue weighted by molar-refractivity contribution is 5.86. The van der Waals surface area contributed by atoms with Crippen LogP contribution < -0.4 is 0 Å². The molecule has 0 aromatic rings. The monoisotopic (exact) mass is 153 g/mol. The molecule has 0 aromatic carbocycles. The van der Waals surface area contributed by atoms with Gasteiger partial charge in [0.05, 0.1) is 0 Å². The maximum absolute atomic E-state index is 4.60. The smallest absolute Gasteiger partial charge is 0.0414 e. The van der Waals surface area contributed by atoms with E-state index < -0.39 is 0 Å². The summed E-state index contributed by atoms with van der Waals surface area (Å²) < 4.78 is 0. The van der Waals surface area contributed by atoms with Gasteiger partial charge in [-0.25, -0.2) is 0 Å². The summed E-state index contributed by atoms with van der Waals surface area (Å²) in [6.45, 7) is 7.89. The van der Waals surface area contributed by atoms with Crippen LogP contribution in [0.4, 0.5) is 0 Å². The second-order valence-corrected chi connectivity index (χ2v) is 3.79. The van der Waals surface area contributed by atoms with E-state index in [9.17, 15) is 0 Å². The molecule has 0 aromatic heterocycles. The van der Waals surface area contributed by atoms with Gasteiger partial charge in [-0.3, -0.25) is 4.99 Å². The number of hydrogen-bond donors (Lipinski definition) is 0. The fourth-order valence-corrected chi connectivity index (χ4v) is 1.48. The van der Waals surface area contributed by atoms with Gasteiger partial charge in [-0.1, -0.05) is 20.8 Å². The first-order chi connectivity index (χ1) is 5.24. The van der Waals surface area contributed by atoms with E-state index in [-0.39, 0.29) is 0 Å². The molecule has 1 aliphatic rings. The highest BCUT2D eigenvalue weighted by Crippen LogP contribution is 2.18. The molecule has 0 radical (unpaired) electrons. The molecule has 0 spiro atoms. The van der Waals surface area contributed by atoms with Crippen LogP contribution in [0.3, 0.4) is 0 Å². The first-order valence-electron chi connectivity index (χ1n) is 4.77. The number of nitrogens with zero attached hydrogens (tertiary/aromatic N) is 1. The molecule has 1 rings (SSSR count). The Kier molecular flexibility index (Phi) is 3.10. The molecule has 0 fully saturated rings. The minimum absolute atomic E-state index is 0.725. The summed E-state index contributed by atoms with van der Waals surface area (Å²) in [5.74, 6) is 1.55. The van der Waals surface area contributed by atoms with Crippen LogP contribution in [0.1, 0.15) is 40.0 Å². The van der Waals surface area contributed by atoms with Gasteiger partial charge in [-0.2, -0.15) is 0 Å². The average Bonchev–Trinajstić information content (AvgIpc) is 2.05. The van der Waals surface area contributed by atoms with Crippen molar-refractivity contribution in [1.29, 1.82) is 0 Å². The Morgan fingerprint density at radius 1 is 1.64 bits per heavy atom. The fraction of sp³-hybridized carbons (Fsp3) is 0.900. The van der Waals surface area contributed by atoms with Crippen LogP contribution in [0.15, 0.2) is 4.99 Å². The third kappa shape index (κ3) is 2.32. The zero-order chi connectivity index (χ0) is 8.27. The average molecular weight is 153 g/mol. The van der Waals surface area contributed by atoms with Crippen molar-refractivity contribution >= 4 is 5.71 Å². The van der Waals surface area contributed by atoms with Crippen molar-refractivity contribution in [2.45, 2.75) is 40.0 Å². The summed E-state index contributed by atoms with van der Waals surface area (Å²) in [4.78, 5) is 4.60. The third-order valence-corrected chi connectivity index (χ3v) is 2.68. The lowest BCUT2D eigenvalue weighted by Crippen LogP contribution is -2.18. The molecule has 1 aliphatic heterocycles. The van der Waals surface area contributed by atoms with Gasteiger partial charge < -0.3 is 0 Å². The highest BCUT2D eigenvalue weighted by atomic mass is 14.8. The molecule has 64 valence electrons. The summed E-state index contributed by atoms with van der Waals surface area (Å²) in [5.41, 5.74) is 1.46. The van der Waals surface area contributed by atoms with E-state index >= 15 is 0 Å². The lowest BCUT2D eigenvalue weighted by atomic mass is 9.92. The van der Waals surface area contributed by atoms with E-state index in [2.05, 4.69) is 25.8 Å². The minimum Gasteiger partial charge on any atom is -0.294 e. The predicted octanol–water partition coefficient (Wildman–Crippen LogP) is 2.90. The van der Waals surface area contributed by atoms with E-state index in [1.54, 1.807) is 0 Å². The van der Waals surface area contributed by atoms with Gasteiger partial charge in [0.25, 0.3) is 0 Å². The van der Waals surface area contributed by atoms with E-state index in [0.29, 0.717) is 0 Å². The normalized spacial score (nSPS) is 27.9. The topological polar surface area (TPSA) is 12.4 Å². The Morgan fingerprint density at radius 3 is 2.82 bits per heavy atom. The Hall–Kier alpha value is -0.330. The first kappa shape index (κ1) is 8.76. The van der Waals surface area contributed by atoms with Gasteiger partial charge in [-0.05, 0) is 31.1 Å². The first-order valence-corrected chi connectivity index (χ1v) is 4.77. The lowest BCUT2D eigenvalue weighted by Gasteiger charge is -2.20. The second kappa shape index (κ2) is 3.89. The summed E-state index contributed by atoms with van der Waals surface area (Å²) >= 11 is 0. The highest BCUT2D eigenvalue weighted by Gasteiger charge is 2.14. The molecule has 1 heterocycles. The number of hydrogen-bond acceptors (Lipinski definition) is 1. The molecular formula is C10H19N. The molecule has 0 amide bonds. The molecule has 0 aliphatic carbocycles. The summed E-state index contributed by atoms with van der Waals surface area (Å²) in [6, 6.07) is 0. The molecule has 2 unspecified atom stereocenters. The minimum atomic E-state index is 0.725. The van der Waals surface area contributed by atoms with Crippen LogP contribution in [0.2, 0.25) is 0 Å². The zero-order valence-corrected chi connectivity index (χ0v) is 7.93. The van der Waals surface area contributed by atoms with Crippen LogP contribution in [-0.4, -0.2) is 12.3 Å². The zero-order valence-electron chi connectivity index (χ0n) is 7.93. The van der Waals surface area contributed by atoms with Gasteiger partial charge in [0.1, 0.15) is 0 Å². The van der Waals surface area contributed by atoms with Crippen molar-refractivity contribution in [3.63, 3.8) is 0 Å². The Bertz CT molecular complexity index is 149. The second-order valence-electron chi connectivity index (χ2n) is 3.79. The molecule has 1 heteroatoms. The summed E-state index contributed by atoms with van der Waals surface area (Å²) in [7, 11) is 0. The van der Waals surface area contributed by atoms with Crippen molar-refractivity contribution in [2.75, 3.05) is 6.54 Å². The van der Waals surface area contributed by atoms with Crippen LogP contribution in [0.5, 0.6) is 0 Å². The largest absolute Gasteiger partial charge is 0.294 e. The van der Waals surface area contributed by atoms with Gasteiger partial charge in [-0.15, -0.1) is 0 Å². The summed E-state index contributed by atoms with van der Waals surface area (Å²) in [6.07, 6.45) is 3.84. The predicted molar refractivity (Wildman–Crippen MR) is 50.2 cm³/mol. The van der Waals surface area contributed by atoms with Gasteiger partial charge in [0.2, 0.25) is 0 Å².